The van der Waals surface area contributed by atoms with Crippen LogP contribution in [0.15, 0.2) is 0 Å². The molecular weight excluding hydrogens is 288 g/mol. The van der Waals surface area contributed by atoms with Crippen molar-refractivity contribution < 1.29 is 18.1 Å². The Kier molecular flexibility index (Phi) is 12.3. The number of hydrogen-bond donors (Lipinski definition) is 2. The minimum absolute atomic E-state index is 0.263. The fraction of sp³-hybridized carbons (Fsp3) is 1.00. The van der Waals surface area contributed by atoms with Crippen LogP contribution in [0.1, 0.15) is 90.9 Å². The van der Waals surface area contributed by atoms with Gasteiger partial charge in [-0.2, -0.15) is 8.42 Å². The Bertz CT molecular complexity index is 327. The van der Waals surface area contributed by atoms with Crippen molar-refractivity contribution in [3.05, 3.63) is 0 Å². The highest BCUT2D eigenvalue weighted by molar-refractivity contribution is 7.86. The Morgan fingerprint density at radius 1 is 0.762 bits per heavy atom. The standard InChI is InChI=1S/C16H34O4S/c1-3-5-7-11-15(17)12-9-10-14-16(21(18,19)20)13-8-6-4-2/h15-17H,3-14H2,1-2H3,(H,18,19,20). The fourth-order valence-electron chi connectivity index (χ4n) is 2.59. The molecule has 4 nitrogen and oxygen atoms in total. The molecule has 0 aliphatic rings. The SMILES string of the molecule is CCCCCC(O)CCCCC(CCCCC)S(=O)(=O)O. The zero-order valence-electron chi connectivity index (χ0n) is 13.8. The average molecular weight is 323 g/mol. The van der Waals surface area contributed by atoms with Gasteiger partial charge < -0.3 is 5.11 Å². The molecule has 128 valence electrons. The monoisotopic (exact) mass is 322 g/mol. The first-order valence-corrected chi connectivity index (χ1v) is 10.1. The summed E-state index contributed by atoms with van der Waals surface area (Å²) in [5.41, 5.74) is 0. The summed E-state index contributed by atoms with van der Waals surface area (Å²) < 4.78 is 31.9. The fourth-order valence-corrected chi connectivity index (χ4v) is 3.52. The van der Waals surface area contributed by atoms with Gasteiger partial charge in [-0.15, -0.1) is 0 Å². The van der Waals surface area contributed by atoms with Crippen LogP contribution in [-0.4, -0.2) is 29.4 Å². The van der Waals surface area contributed by atoms with Gasteiger partial charge in [-0.1, -0.05) is 65.2 Å². The summed E-state index contributed by atoms with van der Waals surface area (Å²) in [5.74, 6) is 0. The van der Waals surface area contributed by atoms with Crippen LogP contribution in [0.4, 0.5) is 0 Å². The molecule has 0 radical (unpaired) electrons. The predicted octanol–water partition coefficient (Wildman–Crippen LogP) is 4.32. The van der Waals surface area contributed by atoms with Gasteiger partial charge in [-0.05, 0) is 25.7 Å². The minimum atomic E-state index is -3.93. The Morgan fingerprint density at radius 2 is 1.14 bits per heavy atom. The van der Waals surface area contributed by atoms with Gasteiger partial charge in [0, 0.05) is 0 Å². The smallest absolute Gasteiger partial charge is 0.267 e. The summed E-state index contributed by atoms with van der Waals surface area (Å²) in [6.45, 7) is 4.21. The molecule has 5 heteroatoms. The molecule has 21 heavy (non-hydrogen) atoms. The summed E-state index contributed by atoms with van der Waals surface area (Å²) in [6.07, 6.45) is 10.2. The topological polar surface area (TPSA) is 74.6 Å². The molecule has 0 aromatic heterocycles. The highest BCUT2D eigenvalue weighted by atomic mass is 32.2. The van der Waals surface area contributed by atoms with E-state index in [9.17, 15) is 18.1 Å². The van der Waals surface area contributed by atoms with E-state index in [0.717, 1.165) is 64.2 Å². The minimum Gasteiger partial charge on any atom is -0.393 e. The lowest BCUT2D eigenvalue weighted by Crippen LogP contribution is -2.20. The van der Waals surface area contributed by atoms with Crippen molar-refractivity contribution in [3.63, 3.8) is 0 Å². The van der Waals surface area contributed by atoms with Crippen molar-refractivity contribution in [2.75, 3.05) is 0 Å². The highest BCUT2D eigenvalue weighted by Gasteiger charge is 2.21. The molecule has 0 aromatic rings. The van der Waals surface area contributed by atoms with E-state index >= 15 is 0 Å². The maximum atomic E-state index is 11.3. The lowest BCUT2D eigenvalue weighted by molar-refractivity contribution is 0.147. The largest absolute Gasteiger partial charge is 0.393 e. The number of aliphatic hydroxyl groups excluding tert-OH is 1. The van der Waals surface area contributed by atoms with Crippen LogP contribution in [0, 0.1) is 0 Å². The van der Waals surface area contributed by atoms with Crippen molar-refractivity contribution >= 4 is 10.1 Å². The van der Waals surface area contributed by atoms with Crippen LogP contribution in [-0.2, 0) is 10.1 Å². The van der Waals surface area contributed by atoms with E-state index in [2.05, 4.69) is 13.8 Å². The molecule has 0 bridgehead atoms. The lowest BCUT2D eigenvalue weighted by Gasteiger charge is -2.14. The summed E-state index contributed by atoms with van der Waals surface area (Å²) in [5, 5.41) is 9.18. The van der Waals surface area contributed by atoms with Gasteiger partial charge in [0.25, 0.3) is 10.1 Å². The van der Waals surface area contributed by atoms with Gasteiger partial charge in [0.05, 0.1) is 11.4 Å². The van der Waals surface area contributed by atoms with E-state index in [-0.39, 0.29) is 6.10 Å². The summed E-state index contributed by atoms with van der Waals surface area (Å²) in [4.78, 5) is 0. The van der Waals surface area contributed by atoms with Crippen LogP contribution in [0.5, 0.6) is 0 Å². The van der Waals surface area contributed by atoms with E-state index in [1.807, 2.05) is 0 Å². The van der Waals surface area contributed by atoms with Crippen LogP contribution >= 0.6 is 0 Å². The first kappa shape index (κ1) is 20.9. The zero-order valence-corrected chi connectivity index (χ0v) is 14.6. The predicted molar refractivity (Wildman–Crippen MR) is 88.1 cm³/mol. The second-order valence-electron chi connectivity index (χ2n) is 6.07. The molecule has 0 saturated carbocycles. The Hall–Kier alpha value is -0.130. The summed E-state index contributed by atoms with van der Waals surface area (Å²) in [7, 11) is -3.93. The van der Waals surface area contributed by atoms with Gasteiger partial charge in [0.1, 0.15) is 0 Å². The van der Waals surface area contributed by atoms with Crippen molar-refractivity contribution in [2.45, 2.75) is 102 Å². The molecule has 0 aliphatic carbocycles. The molecular formula is C16H34O4S. The third kappa shape index (κ3) is 12.1. The highest BCUT2D eigenvalue weighted by Crippen LogP contribution is 2.18. The van der Waals surface area contributed by atoms with Gasteiger partial charge >= 0.3 is 0 Å². The maximum absolute atomic E-state index is 11.3. The zero-order chi connectivity index (χ0) is 16.1. The molecule has 0 spiro atoms. The van der Waals surface area contributed by atoms with Crippen molar-refractivity contribution in [2.24, 2.45) is 0 Å². The maximum Gasteiger partial charge on any atom is 0.267 e. The molecule has 0 aliphatic heterocycles. The number of rotatable bonds is 14. The van der Waals surface area contributed by atoms with Crippen LogP contribution in [0.25, 0.3) is 0 Å². The molecule has 0 fully saturated rings. The van der Waals surface area contributed by atoms with Crippen molar-refractivity contribution in [1.29, 1.82) is 0 Å². The second kappa shape index (κ2) is 12.4. The van der Waals surface area contributed by atoms with Crippen LogP contribution < -0.4 is 0 Å². The van der Waals surface area contributed by atoms with Gasteiger partial charge in [-0.3, -0.25) is 4.55 Å². The van der Waals surface area contributed by atoms with E-state index < -0.39 is 15.4 Å². The number of hydrogen-bond acceptors (Lipinski definition) is 3. The quantitative estimate of drug-likeness (QED) is 0.369. The third-order valence-electron chi connectivity index (χ3n) is 4.01. The van der Waals surface area contributed by atoms with Crippen molar-refractivity contribution in [1.82, 2.24) is 0 Å². The van der Waals surface area contributed by atoms with Crippen molar-refractivity contribution in [3.8, 4) is 0 Å². The van der Waals surface area contributed by atoms with Crippen LogP contribution in [0.2, 0.25) is 0 Å². The lowest BCUT2D eigenvalue weighted by atomic mass is 10.0. The van der Waals surface area contributed by atoms with Crippen LogP contribution in [0.3, 0.4) is 0 Å². The average Bonchev–Trinajstić information content (AvgIpc) is 2.40. The first-order chi connectivity index (χ1) is 9.91. The summed E-state index contributed by atoms with van der Waals surface area (Å²) in [6, 6.07) is 0. The first-order valence-electron chi connectivity index (χ1n) is 8.56. The third-order valence-corrected chi connectivity index (χ3v) is 5.32. The molecule has 0 amide bonds. The molecule has 0 rings (SSSR count). The molecule has 2 unspecified atom stereocenters. The van der Waals surface area contributed by atoms with Gasteiger partial charge in [0.15, 0.2) is 0 Å². The second-order valence-corrected chi connectivity index (χ2v) is 7.76. The van der Waals surface area contributed by atoms with E-state index in [1.165, 1.54) is 0 Å². The van der Waals surface area contributed by atoms with E-state index in [4.69, 9.17) is 0 Å². The number of unbranched alkanes of at least 4 members (excludes halogenated alkanes) is 5. The molecule has 2 atom stereocenters. The normalized spacial score (nSPS) is 15.0. The molecule has 2 N–H and O–H groups in total. The molecule has 0 aromatic carbocycles. The Morgan fingerprint density at radius 3 is 1.57 bits per heavy atom. The summed E-state index contributed by atoms with van der Waals surface area (Å²) >= 11 is 0. The van der Waals surface area contributed by atoms with E-state index in [1.54, 1.807) is 0 Å². The molecule has 0 heterocycles. The Labute approximate surface area is 131 Å². The van der Waals surface area contributed by atoms with Gasteiger partial charge in [-0.25, -0.2) is 0 Å². The Balaban J connectivity index is 3.87. The van der Waals surface area contributed by atoms with E-state index in [0.29, 0.717) is 12.8 Å². The number of aliphatic hydroxyl groups is 1. The molecule has 0 saturated heterocycles. The van der Waals surface area contributed by atoms with Gasteiger partial charge in [0.2, 0.25) is 0 Å².